The third-order valence-corrected chi connectivity index (χ3v) is 4.91. The lowest BCUT2D eigenvalue weighted by Gasteiger charge is -2.05. The topological polar surface area (TPSA) is 72.2 Å². The van der Waals surface area contributed by atoms with Gasteiger partial charge in [0.15, 0.2) is 0 Å². The second-order valence-electron chi connectivity index (χ2n) is 4.20. The van der Waals surface area contributed by atoms with Crippen LogP contribution in [-0.2, 0) is 24.3 Å². The molecule has 106 valence electrons. The van der Waals surface area contributed by atoms with E-state index in [4.69, 9.17) is 5.11 Å². The van der Waals surface area contributed by atoms with E-state index >= 15 is 0 Å². The number of hydrogen-bond acceptors (Lipinski definition) is 3. The van der Waals surface area contributed by atoms with Crippen molar-refractivity contribution in [2.24, 2.45) is 7.05 Å². The molecular formula is C13H13BrN2O3S. The van der Waals surface area contributed by atoms with Gasteiger partial charge < -0.3 is 9.67 Å². The molecule has 5 nitrogen and oxygen atoms in total. The molecule has 0 aliphatic heterocycles. The van der Waals surface area contributed by atoms with Crippen LogP contribution in [0, 0.1) is 0 Å². The van der Waals surface area contributed by atoms with Crippen molar-refractivity contribution in [3.05, 3.63) is 46.5 Å². The molecule has 0 radical (unpaired) electrons. The third kappa shape index (κ3) is 3.34. The fraction of sp³-hybridized carbons (Fsp3) is 0.231. The van der Waals surface area contributed by atoms with Gasteiger partial charge in [-0.25, -0.2) is 9.78 Å². The highest BCUT2D eigenvalue weighted by molar-refractivity contribution is 9.10. The molecule has 1 atom stereocenters. The smallest absolute Gasteiger partial charge is 0.336 e. The molecule has 0 spiro atoms. The zero-order chi connectivity index (χ0) is 14.7. The molecule has 0 bridgehead atoms. The fourth-order valence-electron chi connectivity index (χ4n) is 1.75. The van der Waals surface area contributed by atoms with Crippen LogP contribution in [0.25, 0.3) is 0 Å². The lowest BCUT2D eigenvalue weighted by atomic mass is 10.2. The average molecular weight is 357 g/mol. The number of nitrogens with zero attached hydrogens (tertiary/aromatic N) is 2. The Balaban J connectivity index is 2.12. The first-order chi connectivity index (χ1) is 9.49. The molecule has 2 aromatic rings. The molecule has 1 aromatic heterocycles. The summed E-state index contributed by atoms with van der Waals surface area (Å²) >= 11 is 3.17. The Kier molecular flexibility index (Phi) is 4.72. The number of hydrogen-bond donors (Lipinski definition) is 1. The Bertz CT molecular complexity index is 669. The number of carboxylic acids is 1. The van der Waals surface area contributed by atoms with Crippen LogP contribution >= 0.6 is 15.9 Å². The molecule has 0 fully saturated rings. The molecule has 0 aliphatic rings. The van der Waals surface area contributed by atoms with E-state index in [2.05, 4.69) is 20.9 Å². The molecule has 0 aliphatic carbocycles. The van der Waals surface area contributed by atoms with Crippen LogP contribution in [0.1, 0.15) is 16.2 Å². The number of rotatable bonds is 5. The van der Waals surface area contributed by atoms with E-state index < -0.39 is 16.8 Å². The average Bonchev–Trinajstić information content (AvgIpc) is 2.81. The minimum Gasteiger partial charge on any atom is -0.478 e. The number of carbonyl (C=O) groups is 1. The van der Waals surface area contributed by atoms with Gasteiger partial charge in [-0.3, -0.25) is 4.21 Å². The van der Waals surface area contributed by atoms with Gasteiger partial charge in [0, 0.05) is 41.0 Å². The van der Waals surface area contributed by atoms with Crippen LogP contribution in [0.3, 0.4) is 0 Å². The van der Waals surface area contributed by atoms with Gasteiger partial charge in [-0.1, -0.05) is 0 Å². The number of benzene rings is 1. The molecule has 1 unspecified atom stereocenters. The fourth-order valence-corrected chi connectivity index (χ4v) is 3.24. The summed E-state index contributed by atoms with van der Waals surface area (Å²) in [6.45, 7) is 0. The van der Waals surface area contributed by atoms with E-state index in [1.54, 1.807) is 18.3 Å². The van der Waals surface area contributed by atoms with Gasteiger partial charge in [-0.2, -0.15) is 0 Å². The molecule has 1 N–H and O–H groups in total. The van der Waals surface area contributed by atoms with Gasteiger partial charge in [-0.05, 0) is 34.1 Å². The lowest BCUT2D eigenvalue weighted by Crippen LogP contribution is -2.07. The normalized spacial score (nSPS) is 12.3. The van der Waals surface area contributed by atoms with E-state index in [0.717, 1.165) is 5.82 Å². The Morgan fingerprint density at radius 1 is 1.50 bits per heavy atom. The van der Waals surface area contributed by atoms with Gasteiger partial charge in [0.1, 0.15) is 5.82 Å². The molecule has 7 heteroatoms. The summed E-state index contributed by atoms with van der Waals surface area (Å²) in [6, 6.07) is 4.73. The SMILES string of the molecule is Cn1ccnc1CCS(=O)c1ccc(Br)c(C(=O)O)c1. The Morgan fingerprint density at radius 2 is 2.25 bits per heavy atom. The molecule has 0 saturated carbocycles. The third-order valence-electron chi connectivity index (χ3n) is 2.86. The molecule has 2 rings (SSSR count). The zero-order valence-corrected chi connectivity index (χ0v) is 13.1. The second kappa shape index (κ2) is 6.32. The number of aromatic carboxylic acids is 1. The summed E-state index contributed by atoms with van der Waals surface area (Å²) in [5, 5.41) is 9.05. The molecule has 1 heterocycles. The maximum atomic E-state index is 12.2. The molecular weight excluding hydrogens is 344 g/mol. The minimum absolute atomic E-state index is 0.118. The highest BCUT2D eigenvalue weighted by Crippen LogP contribution is 2.20. The summed E-state index contributed by atoms with van der Waals surface area (Å²) < 4.78 is 14.6. The van der Waals surface area contributed by atoms with Crippen molar-refractivity contribution in [2.75, 3.05) is 5.75 Å². The Labute approximate surface area is 127 Å². The van der Waals surface area contributed by atoms with Crippen molar-refractivity contribution < 1.29 is 14.1 Å². The van der Waals surface area contributed by atoms with Crippen molar-refractivity contribution in [3.8, 4) is 0 Å². The van der Waals surface area contributed by atoms with Crippen LogP contribution in [0.4, 0.5) is 0 Å². The van der Waals surface area contributed by atoms with E-state index in [1.165, 1.54) is 6.07 Å². The highest BCUT2D eigenvalue weighted by atomic mass is 79.9. The van der Waals surface area contributed by atoms with Crippen LogP contribution < -0.4 is 0 Å². The standard InChI is InChI=1S/C13H13BrN2O3S/c1-16-6-5-15-12(16)4-7-20(19)9-2-3-11(14)10(8-9)13(17)18/h2-3,5-6,8H,4,7H2,1H3,(H,17,18). The van der Waals surface area contributed by atoms with E-state index in [9.17, 15) is 9.00 Å². The number of imidazole rings is 1. The number of aromatic nitrogens is 2. The van der Waals surface area contributed by atoms with Gasteiger partial charge in [0.25, 0.3) is 0 Å². The predicted octanol–water partition coefficient (Wildman–Crippen LogP) is 2.23. The van der Waals surface area contributed by atoms with Crippen LogP contribution in [0.5, 0.6) is 0 Å². The van der Waals surface area contributed by atoms with Crippen molar-refractivity contribution in [2.45, 2.75) is 11.3 Å². The van der Waals surface area contributed by atoms with Gasteiger partial charge in [0.2, 0.25) is 0 Å². The van der Waals surface area contributed by atoms with Crippen molar-refractivity contribution >= 4 is 32.7 Å². The minimum atomic E-state index is -1.25. The largest absolute Gasteiger partial charge is 0.478 e. The zero-order valence-electron chi connectivity index (χ0n) is 10.7. The van der Waals surface area contributed by atoms with Crippen molar-refractivity contribution in [3.63, 3.8) is 0 Å². The van der Waals surface area contributed by atoms with E-state index in [-0.39, 0.29) is 5.56 Å². The van der Waals surface area contributed by atoms with Crippen molar-refractivity contribution in [1.82, 2.24) is 9.55 Å². The summed E-state index contributed by atoms with van der Waals surface area (Å²) in [7, 11) is 0.633. The maximum Gasteiger partial charge on any atom is 0.336 e. The monoisotopic (exact) mass is 356 g/mol. The first-order valence-electron chi connectivity index (χ1n) is 5.86. The van der Waals surface area contributed by atoms with Gasteiger partial charge >= 0.3 is 5.97 Å². The summed E-state index contributed by atoms with van der Waals surface area (Å²) in [6.07, 6.45) is 4.11. The second-order valence-corrected chi connectivity index (χ2v) is 6.63. The van der Waals surface area contributed by atoms with Crippen LogP contribution in [0.2, 0.25) is 0 Å². The summed E-state index contributed by atoms with van der Waals surface area (Å²) in [5.41, 5.74) is 0.118. The number of aryl methyl sites for hydroxylation is 2. The van der Waals surface area contributed by atoms with Crippen molar-refractivity contribution in [1.29, 1.82) is 0 Å². The number of carboxylic acid groups (broad SMARTS) is 1. The van der Waals surface area contributed by atoms with Crippen LogP contribution in [0.15, 0.2) is 40.0 Å². The summed E-state index contributed by atoms with van der Waals surface area (Å²) in [5.74, 6) is 0.222. The maximum absolute atomic E-state index is 12.2. The lowest BCUT2D eigenvalue weighted by molar-refractivity contribution is 0.0695. The van der Waals surface area contributed by atoms with Gasteiger partial charge in [0.05, 0.1) is 16.4 Å². The van der Waals surface area contributed by atoms with Gasteiger partial charge in [-0.15, -0.1) is 0 Å². The highest BCUT2D eigenvalue weighted by Gasteiger charge is 2.13. The quantitative estimate of drug-likeness (QED) is 0.891. The molecule has 1 aromatic carbocycles. The predicted molar refractivity (Wildman–Crippen MR) is 79.3 cm³/mol. The van der Waals surface area contributed by atoms with E-state index in [1.807, 2.05) is 17.8 Å². The first-order valence-corrected chi connectivity index (χ1v) is 7.97. The van der Waals surface area contributed by atoms with E-state index in [0.29, 0.717) is 21.5 Å². The molecule has 0 saturated heterocycles. The Hall–Kier alpha value is -1.47. The first kappa shape index (κ1) is 14.9. The summed E-state index contributed by atoms with van der Waals surface area (Å²) in [4.78, 5) is 15.7. The molecule has 20 heavy (non-hydrogen) atoms. The molecule has 0 amide bonds. The number of halogens is 1. The Morgan fingerprint density at radius 3 is 2.85 bits per heavy atom. The van der Waals surface area contributed by atoms with Crippen LogP contribution in [-0.4, -0.2) is 30.6 Å².